The Kier molecular flexibility index (Phi) is 3.53. The number of rotatable bonds is 3. The zero-order valence-corrected chi connectivity index (χ0v) is 7.49. The lowest BCUT2D eigenvalue weighted by atomic mass is 10.2. The SMILES string of the molecule is C#CCC(N)C(=O)NC1CC=CC1. The van der Waals surface area contributed by atoms with Crippen LogP contribution in [-0.4, -0.2) is 18.0 Å². The molecule has 1 aliphatic carbocycles. The highest BCUT2D eigenvalue weighted by Crippen LogP contribution is 2.09. The summed E-state index contributed by atoms with van der Waals surface area (Å²) < 4.78 is 0. The van der Waals surface area contributed by atoms with Crippen LogP contribution in [0, 0.1) is 12.3 Å². The van der Waals surface area contributed by atoms with Crippen molar-refractivity contribution >= 4 is 5.91 Å². The third-order valence-electron chi connectivity index (χ3n) is 2.03. The van der Waals surface area contributed by atoms with E-state index < -0.39 is 6.04 Å². The van der Waals surface area contributed by atoms with Crippen LogP contribution in [-0.2, 0) is 4.79 Å². The van der Waals surface area contributed by atoms with Gasteiger partial charge in [-0.2, -0.15) is 0 Å². The molecule has 1 atom stereocenters. The second-order valence-corrected chi connectivity index (χ2v) is 3.16. The summed E-state index contributed by atoms with van der Waals surface area (Å²) in [7, 11) is 0. The first kappa shape index (κ1) is 9.82. The molecule has 3 N–H and O–H groups in total. The molecule has 1 unspecified atom stereocenters. The molecule has 0 aliphatic heterocycles. The number of hydrogen-bond acceptors (Lipinski definition) is 2. The summed E-state index contributed by atoms with van der Waals surface area (Å²) in [6, 6.07) is -0.345. The van der Waals surface area contributed by atoms with Gasteiger partial charge in [0.1, 0.15) is 0 Å². The Hall–Kier alpha value is -1.27. The summed E-state index contributed by atoms with van der Waals surface area (Å²) in [4.78, 5) is 11.3. The van der Waals surface area contributed by atoms with Crippen LogP contribution >= 0.6 is 0 Å². The maximum atomic E-state index is 11.3. The fourth-order valence-corrected chi connectivity index (χ4v) is 1.26. The van der Waals surface area contributed by atoms with Crippen LogP contribution in [0.4, 0.5) is 0 Å². The Balaban J connectivity index is 2.28. The molecule has 0 aromatic heterocycles. The van der Waals surface area contributed by atoms with Crippen molar-refractivity contribution in [2.45, 2.75) is 31.3 Å². The lowest BCUT2D eigenvalue weighted by molar-refractivity contribution is -0.122. The third-order valence-corrected chi connectivity index (χ3v) is 2.03. The Bertz CT molecular complexity index is 244. The van der Waals surface area contributed by atoms with Crippen molar-refractivity contribution < 1.29 is 4.79 Å². The standard InChI is InChI=1S/C10H14N2O/c1-2-5-9(11)10(13)12-8-6-3-4-7-8/h1,3-4,8-9H,5-7,11H2,(H,12,13). The van der Waals surface area contributed by atoms with E-state index in [2.05, 4.69) is 23.4 Å². The highest BCUT2D eigenvalue weighted by Gasteiger charge is 2.17. The predicted molar refractivity (Wildman–Crippen MR) is 51.7 cm³/mol. The van der Waals surface area contributed by atoms with Gasteiger partial charge in [-0.3, -0.25) is 4.79 Å². The van der Waals surface area contributed by atoms with E-state index in [1.165, 1.54) is 0 Å². The van der Waals surface area contributed by atoms with Crippen molar-refractivity contribution in [1.29, 1.82) is 0 Å². The van der Waals surface area contributed by atoms with Gasteiger partial charge < -0.3 is 11.1 Å². The second kappa shape index (κ2) is 4.68. The van der Waals surface area contributed by atoms with Crippen LogP contribution in [0.2, 0.25) is 0 Å². The van der Waals surface area contributed by atoms with Gasteiger partial charge in [0.25, 0.3) is 0 Å². The number of hydrogen-bond donors (Lipinski definition) is 2. The van der Waals surface area contributed by atoms with Crippen LogP contribution in [0.5, 0.6) is 0 Å². The smallest absolute Gasteiger partial charge is 0.238 e. The summed E-state index contributed by atoms with van der Waals surface area (Å²) >= 11 is 0. The van der Waals surface area contributed by atoms with E-state index in [0.29, 0.717) is 6.42 Å². The molecule has 0 saturated carbocycles. The minimum Gasteiger partial charge on any atom is -0.351 e. The van der Waals surface area contributed by atoms with Crippen LogP contribution in [0.15, 0.2) is 12.2 Å². The van der Waals surface area contributed by atoms with Crippen LogP contribution in [0.1, 0.15) is 19.3 Å². The van der Waals surface area contributed by atoms with Gasteiger partial charge in [-0.1, -0.05) is 12.2 Å². The average Bonchev–Trinajstić information content (AvgIpc) is 2.57. The van der Waals surface area contributed by atoms with Crippen LogP contribution in [0.25, 0.3) is 0 Å². The van der Waals surface area contributed by atoms with Crippen molar-refractivity contribution in [1.82, 2.24) is 5.32 Å². The Morgan fingerprint density at radius 1 is 1.69 bits per heavy atom. The zero-order valence-electron chi connectivity index (χ0n) is 7.49. The molecule has 0 heterocycles. The molecule has 70 valence electrons. The molecule has 0 spiro atoms. The Morgan fingerprint density at radius 3 is 2.85 bits per heavy atom. The van der Waals surface area contributed by atoms with Gasteiger partial charge in [-0.05, 0) is 12.8 Å². The first-order valence-corrected chi connectivity index (χ1v) is 4.38. The van der Waals surface area contributed by atoms with Gasteiger partial charge in [0.15, 0.2) is 0 Å². The average molecular weight is 178 g/mol. The maximum absolute atomic E-state index is 11.3. The quantitative estimate of drug-likeness (QED) is 0.478. The van der Waals surface area contributed by atoms with Crippen LogP contribution in [0.3, 0.4) is 0 Å². The van der Waals surface area contributed by atoms with Crippen molar-refractivity contribution in [3.8, 4) is 12.3 Å². The molecule has 1 amide bonds. The molecule has 0 radical (unpaired) electrons. The topological polar surface area (TPSA) is 55.1 Å². The first-order valence-electron chi connectivity index (χ1n) is 4.38. The van der Waals surface area contributed by atoms with Crippen molar-refractivity contribution in [2.24, 2.45) is 5.73 Å². The molecule has 3 nitrogen and oxygen atoms in total. The first-order chi connectivity index (χ1) is 6.24. The van der Waals surface area contributed by atoms with Gasteiger partial charge in [0.05, 0.1) is 6.04 Å². The second-order valence-electron chi connectivity index (χ2n) is 3.16. The number of nitrogens with one attached hydrogen (secondary N) is 1. The van der Waals surface area contributed by atoms with E-state index in [-0.39, 0.29) is 11.9 Å². The summed E-state index contributed by atoms with van der Waals surface area (Å²) in [5.74, 6) is 2.23. The van der Waals surface area contributed by atoms with Crippen LogP contribution < -0.4 is 11.1 Å². The number of carbonyl (C=O) groups is 1. The summed E-state index contributed by atoms with van der Waals surface area (Å²) in [6.07, 6.45) is 11.3. The number of terminal acetylenes is 1. The molecule has 0 aromatic carbocycles. The molecule has 0 bridgehead atoms. The largest absolute Gasteiger partial charge is 0.351 e. The molecule has 1 aliphatic rings. The van der Waals surface area contributed by atoms with Crippen molar-refractivity contribution in [2.75, 3.05) is 0 Å². The minimum absolute atomic E-state index is 0.147. The van der Waals surface area contributed by atoms with Gasteiger partial charge in [0, 0.05) is 12.5 Å². The highest BCUT2D eigenvalue weighted by atomic mass is 16.2. The molecular weight excluding hydrogens is 164 g/mol. The fraction of sp³-hybridized carbons (Fsp3) is 0.500. The Labute approximate surface area is 78.4 Å². The monoisotopic (exact) mass is 178 g/mol. The number of carbonyl (C=O) groups excluding carboxylic acids is 1. The predicted octanol–water partition coefficient (Wildman–Crippen LogP) is 0.172. The summed E-state index contributed by atoms with van der Waals surface area (Å²) in [5, 5.41) is 2.84. The van der Waals surface area contributed by atoms with E-state index in [1.54, 1.807) is 0 Å². The van der Waals surface area contributed by atoms with E-state index in [4.69, 9.17) is 12.2 Å². The maximum Gasteiger partial charge on any atom is 0.238 e. The van der Waals surface area contributed by atoms with E-state index in [0.717, 1.165) is 12.8 Å². The molecule has 1 rings (SSSR count). The molecule has 3 heteroatoms. The minimum atomic E-state index is -0.564. The normalized spacial score (nSPS) is 18.2. The van der Waals surface area contributed by atoms with E-state index in [9.17, 15) is 4.79 Å². The van der Waals surface area contributed by atoms with E-state index >= 15 is 0 Å². The van der Waals surface area contributed by atoms with E-state index in [1.807, 2.05) is 0 Å². The molecule has 0 fully saturated rings. The lowest BCUT2D eigenvalue weighted by Gasteiger charge is -2.14. The van der Waals surface area contributed by atoms with Crippen molar-refractivity contribution in [3.63, 3.8) is 0 Å². The number of nitrogens with two attached hydrogens (primary N) is 1. The summed E-state index contributed by atoms with van der Waals surface area (Å²) in [6.45, 7) is 0. The fourth-order valence-electron chi connectivity index (χ4n) is 1.26. The van der Waals surface area contributed by atoms with Gasteiger partial charge in [-0.25, -0.2) is 0 Å². The molecular formula is C10H14N2O. The molecule has 0 aromatic rings. The third kappa shape index (κ3) is 2.92. The molecule has 0 saturated heterocycles. The lowest BCUT2D eigenvalue weighted by Crippen LogP contribution is -2.44. The molecule has 13 heavy (non-hydrogen) atoms. The van der Waals surface area contributed by atoms with Gasteiger partial charge >= 0.3 is 0 Å². The number of amides is 1. The van der Waals surface area contributed by atoms with Gasteiger partial charge in [-0.15, -0.1) is 12.3 Å². The highest BCUT2D eigenvalue weighted by molar-refractivity contribution is 5.82. The Morgan fingerprint density at radius 2 is 2.31 bits per heavy atom. The summed E-state index contributed by atoms with van der Waals surface area (Å²) in [5.41, 5.74) is 5.53. The zero-order chi connectivity index (χ0) is 9.68. The van der Waals surface area contributed by atoms with Gasteiger partial charge in [0.2, 0.25) is 5.91 Å². The van der Waals surface area contributed by atoms with Crippen molar-refractivity contribution in [3.05, 3.63) is 12.2 Å².